The van der Waals surface area contributed by atoms with Crippen LogP contribution in [-0.4, -0.2) is 11.1 Å². The Balaban J connectivity index is 2.62. The van der Waals surface area contributed by atoms with Gasteiger partial charge in [0.05, 0.1) is 11.1 Å². The zero-order chi connectivity index (χ0) is 13.3. The zero-order valence-electron chi connectivity index (χ0n) is 8.95. The van der Waals surface area contributed by atoms with Crippen molar-refractivity contribution in [1.29, 1.82) is 0 Å². The van der Waals surface area contributed by atoms with Gasteiger partial charge in [-0.05, 0) is 29.8 Å². The van der Waals surface area contributed by atoms with E-state index in [9.17, 15) is 18.0 Å². The molecule has 0 atom stereocenters. The summed E-state index contributed by atoms with van der Waals surface area (Å²) in [5.41, 5.74) is -0.924. The standard InChI is InChI=1S/C13H7F3O2/c14-9-3-1-2-7(4-9)12-10(15)5-8(13(17)18)6-11(12)16/h1-6H,(H,17,18). The Morgan fingerprint density at radius 2 is 1.61 bits per heavy atom. The Morgan fingerprint density at radius 1 is 1.00 bits per heavy atom. The van der Waals surface area contributed by atoms with Gasteiger partial charge in [0.15, 0.2) is 0 Å². The van der Waals surface area contributed by atoms with Crippen molar-refractivity contribution in [2.45, 2.75) is 0 Å². The molecular formula is C13H7F3O2. The molecule has 0 saturated heterocycles. The van der Waals surface area contributed by atoms with Gasteiger partial charge in [-0.25, -0.2) is 18.0 Å². The Kier molecular flexibility index (Phi) is 3.06. The number of hydrogen-bond donors (Lipinski definition) is 1. The summed E-state index contributed by atoms with van der Waals surface area (Å²) in [7, 11) is 0. The largest absolute Gasteiger partial charge is 0.478 e. The summed E-state index contributed by atoms with van der Waals surface area (Å²) in [4.78, 5) is 10.6. The van der Waals surface area contributed by atoms with E-state index in [0.717, 1.165) is 12.1 Å². The van der Waals surface area contributed by atoms with E-state index >= 15 is 0 Å². The van der Waals surface area contributed by atoms with Gasteiger partial charge in [0.25, 0.3) is 0 Å². The average Bonchev–Trinajstić information content (AvgIpc) is 2.27. The maximum Gasteiger partial charge on any atom is 0.335 e. The van der Waals surface area contributed by atoms with Crippen LogP contribution in [0.4, 0.5) is 13.2 Å². The van der Waals surface area contributed by atoms with Gasteiger partial charge in [0.1, 0.15) is 17.5 Å². The highest BCUT2D eigenvalue weighted by Crippen LogP contribution is 2.27. The minimum atomic E-state index is -1.43. The number of carboxylic acids is 1. The molecule has 0 saturated carbocycles. The molecule has 92 valence electrons. The Labute approximate surface area is 100 Å². The highest BCUT2D eigenvalue weighted by Gasteiger charge is 2.16. The molecule has 0 amide bonds. The average molecular weight is 252 g/mol. The van der Waals surface area contributed by atoms with Crippen molar-refractivity contribution < 1.29 is 23.1 Å². The molecule has 0 fully saturated rings. The number of aromatic carboxylic acids is 1. The summed E-state index contributed by atoms with van der Waals surface area (Å²) in [6, 6.07) is 6.17. The van der Waals surface area contributed by atoms with Crippen molar-refractivity contribution in [3.05, 3.63) is 59.4 Å². The zero-order valence-corrected chi connectivity index (χ0v) is 8.95. The molecule has 0 bridgehead atoms. The maximum atomic E-state index is 13.7. The van der Waals surface area contributed by atoms with E-state index in [4.69, 9.17) is 5.11 Å². The van der Waals surface area contributed by atoms with Crippen molar-refractivity contribution in [1.82, 2.24) is 0 Å². The first-order valence-electron chi connectivity index (χ1n) is 4.97. The molecule has 0 aliphatic heterocycles. The molecule has 5 heteroatoms. The second-order valence-electron chi connectivity index (χ2n) is 3.63. The highest BCUT2D eigenvalue weighted by molar-refractivity contribution is 5.88. The Morgan fingerprint density at radius 3 is 2.11 bits per heavy atom. The van der Waals surface area contributed by atoms with Gasteiger partial charge in [-0.15, -0.1) is 0 Å². The van der Waals surface area contributed by atoms with E-state index < -0.39 is 34.5 Å². The van der Waals surface area contributed by atoms with Gasteiger partial charge in [-0.1, -0.05) is 12.1 Å². The van der Waals surface area contributed by atoms with E-state index in [1.165, 1.54) is 12.1 Å². The van der Waals surface area contributed by atoms with E-state index in [1.807, 2.05) is 0 Å². The van der Waals surface area contributed by atoms with E-state index in [-0.39, 0.29) is 5.56 Å². The van der Waals surface area contributed by atoms with Crippen LogP contribution in [0.2, 0.25) is 0 Å². The van der Waals surface area contributed by atoms with E-state index in [2.05, 4.69) is 0 Å². The van der Waals surface area contributed by atoms with Crippen LogP contribution in [0.25, 0.3) is 11.1 Å². The lowest BCUT2D eigenvalue weighted by Crippen LogP contribution is -2.00. The minimum absolute atomic E-state index is 0.0157. The number of halogens is 3. The van der Waals surface area contributed by atoms with Crippen LogP contribution in [0.1, 0.15) is 10.4 Å². The second-order valence-corrected chi connectivity index (χ2v) is 3.63. The lowest BCUT2D eigenvalue weighted by Gasteiger charge is -2.06. The minimum Gasteiger partial charge on any atom is -0.478 e. The molecule has 0 heterocycles. The lowest BCUT2D eigenvalue weighted by molar-refractivity contribution is 0.0696. The summed E-state index contributed by atoms with van der Waals surface area (Å²) in [6.45, 7) is 0. The number of benzene rings is 2. The van der Waals surface area contributed by atoms with Crippen molar-refractivity contribution in [3.63, 3.8) is 0 Å². The van der Waals surface area contributed by atoms with Crippen LogP contribution in [0, 0.1) is 17.5 Å². The lowest BCUT2D eigenvalue weighted by atomic mass is 10.0. The molecule has 0 unspecified atom stereocenters. The third kappa shape index (κ3) is 2.20. The molecule has 2 aromatic rings. The number of rotatable bonds is 2. The number of hydrogen-bond acceptors (Lipinski definition) is 1. The first-order chi connectivity index (χ1) is 8.49. The first kappa shape index (κ1) is 12.2. The molecule has 1 N–H and O–H groups in total. The highest BCUT2D eigenvalue weighted by atomic mass is 19.1. The van der Waals surface area contributed by atoms with Gasteiger partial charge in [-0.3, -0.25) is 0 Å². The molecule has 0 aliphatic rings. The van der Waals surface area contributed by atoms with Crippen molar-refractivity contribution in [2.24, 2.45) is 0 Å². The second kappa shape index (κ2) is 4.52. The van der Waals surface area contributed by atoms with Crippen LogP contribution >= 0.6 is 0 Å². The first-order valence-corrected chi connectivity index (χ1v) is 4.97. The summed E-state index contributed by atoms with van der Waals surface area (Å²) in [5.74, 6) is -4.15. The molecule has 0 radical (unpaired) electrons. The monoisotopic (exact) mass is 252 g/mol. The fourth-order valence-electron chi connectivity index (χ4n) is 1.62. The summed E-state index contributed by atoms with van der Waals surface area (Å²) >= 11 is 0. The molecule has 0 spiro atoms. The summed E-state index contributed by atoms with van der Waals surface area (Å²) in [5, 5.41) is 8.65. The molecule has 18 heavy (non-hydrogen) atoms. The third-order valence-corrected chi connectivity index (χ3v) is 2.40. The third-order valence-electron chi connectivity index (χ3n) is 2.40. The number of carbonyl (C=O) groups is 1. The predicted octanol–water partition coefficient (Wildman–Crippen LogP) is 3.47. The normalized spacial score (nSPS) is 10.4. The van der Waals surface area contributed by atoms with Gasteiger partial charge in [-0.2, -0.15) is 0 Å². The topological polar surface area (TPSA) is 37.3 Å². The van der Waals surface area contributed by atoms with Crippen LogP contribution in [0.15, 0.2) is 36.4 Å². The van der Waals surface area contributed by atoms with Crippen molar-refractivity contribution in [2.75, 3.05) is 0 Å². The molecule has 2 aromatic carbocycles. The SMILES string of the molecule is O=C(O)c1cc(F)c(-c2cccc(F)c2)c(F)c1. The molecule has 0 aliphatic carbocycles. The van der Waals surface area contributed by atoms with Gasteiger partial charge >= 0.3 is 5.97 Å². The van der Waals surface area contributed by atoms with Crippen molar-refractivity contribution in [3.8, 4) is 11.1 Å². The van der Waals surface area contributed by atoms with Gasteiger partial charge < -0.3 is 5.11 Å². The Bertz CT molecular complexity index is 600. The van der Waals surface area contributed by atoms with Crippen molar-refractivity contribution >= 4 is 5.97 Å². The number of carboxylic acid groups (broad SMARTS) is 1. The van der Waals surface area contributed by atoms with Gasteiger partial charge in [0, 0.05) is 0 Å². The van der Waals surface area contributed by atoms with Crippen LogP contribution in [0.3, 0.4) is 0 Å². The molecule has 2 nitrogen and oxygen atoms in total. The molecule has 2 rings (SSSR count). The van der Waals surface area contributed by atoms with E-state index in [0.29, 0.717) is 12.1 Å². The fourth-order valence-corrected chi connectivity index (χ4v) is 1.62. The van der Waals surface area contributed by atoms with Crippen LogP contribution in [0.5, 0.6) is 0 Å². The quantitative estimate of drug-likeness (QED) is 0.888. The smallest absolute Gasteiger partial charge is 0.335 e. The molecule has 0 aromatic heterocycles. The van der Waals surface area contributed by atoms with Crippen LogP contribution < -0.4 is 0 Å². The summed E-state index contributed by atoms with van der Waals surface area (Å²) < 4.78 is 40.3. The summed E-state index contributed by atoms with van der Waals surface area (Å²) in [6.07, 6.45) is 0. The van der Waals surface area contributed by atoms with Crippen LogP contribution in [-0.2, 0) is 0 Å². The van der Waals surface area contributed by atoms with Gasteiger partial charge in [0.2, 0.25) is 0 Å². The molecular weight excluding hydrogens is 245 g/mol. The predicted molar refractivity (Wildman–Crippen MR) is 58.7 cm³/mol. The van der Waals surface area contributed by atoms with E-state index in [1.54, 1.807) is 0 Å². The Hall–Kier alpha value is -2.30. The fraction of sp³-hybridized carbons (Fsp3) is 0. The maximum absolute atomic E-state index is 13.7.